The van der Waals surface area contributed by atoms with Gasteiger partial charge in [0.15, 0.2) is 0 Å². The molecule has 0 aromatic rings. The van der Waals surface area contributed by atoms with Gasteiger partial charge in [0.2, 0.25) is 23.6 Å². The average Bonchev–Trinajstić information content (AvgIpc) is 3.12. The van der Waals surface area contributed by atoms with Crippen molar-refractivity contribution in [1.29, 1.82) is 0 Å². The van der Waals surface area contributed by atoms with Crippen LogP contribution in [0, 0.1) is 0 Å². The van der Waals surface area contributed by atoms with Crippen LogP contribution in [0.5, 0.6) is 0 Å². The smallest absolute Gasteiger partial charge is 0.410 e. The van der Waals surface area contributed by atoms with Gasteiger partial charge in [-0.2, -0.15) is 0 Å². The fourth-order valence-corrected chi connectivity index (χ4v) is 2.60. The molecule has 14 heteroatoms. The van der Waals surface area contributed by atoms with E-state index in [0.717, 1.165) is 17.1 Å². The summed E-state index contributed by atoms with van der Waals surface area (Å²) in [5, 5.41) is 6.99. The number of carbonyl (C=O) groups is 7. The molecular formula is C22H34N6O8. The fourth-order valence-electron chi connectivity index (χ4n) is 2.60. The predicted octanol–water partition coefficient (Wildman–Crippen LogP) is -2.02. The maximum absolute atomic E-state index is 12.2. The molecule has 0 atom stereocenters. The molecule has 0 aliphatic carbocycles. The van der Waals surface area contributed by atoms with Crippen LogP contribution in [0.3, 0.4) is 0 Å². The molecule has 36 heavy (non-hydrogen) atoms. The number of carbonyl (C=O) groups excluding carboxylic acids is 7. The van der Waals surface area contributed by atoms with Crippen LogP contribution in [0.2, 0.25) is 0 Å². The highest BCUT2D eigenvalue weighted by Crippen LogP contribution is 2.09. The molecule has 0 aromatic carbocycles. The van der Waals surface area contributed by atoms with Gasteiger partial charge in [-0.15, -0.1) is 0 Å². The number of rotatable bonds is 12. The van der Waals surface area contributed by atoms with Crippen LogP contribution in [0.25, 0.3) is 0 Å². The van der Waals surface area contributed by atoms with Crippen molar-refractivity contribution < 1.29 is 38.3 Å². The lowest BCUT2D eigenvalue weighted by molar-refractivity contribution is -0.137. The van der Waals surface area contributed by atoms with Crippen molar-refractivity contribution in [3.8, 4) is 0 Å². The molecular weight excluding hydrogens is 476 g/mol. The third-order valence-corrected chi connectivity index (χ3v) is 4.69. The van der Waals surface area contributed by atoms with Gasteiger partial charge in [-0.3, -0.25) is 33.7 Å². The van der Waals surface area contributed by atoms with Crippen molar-refractivity contribution in [2.24, 2.45) is 0 Å². The molecule has 1 rings (SSSR count). The quantitative estimate of drug-likeness (QED) is 0.252. The van der Waals surface area contributed by atoms with Gasteiger partial charge in [-0.05, 0) is 20.8 Å². The lowest BCUT2D eigenvalue weighted by atomic mass is 10.2. The van der Waals surface area contributed by atoms with Gasteiger partial charge < -0.3 is 30.5 Å². The highest BCUT2D eigenvalue weighted by Gasteiger charge is 2.24. The summed E-state index contributed by atoms with van der Waals surface area (Å²) in [6.07, 6.45) is 1.53. The van der Waals surface area contributed by atoms with Gasteiger partial charge in [0.05, 0.1) is 19.6 Å². The van der Waals surface area contributed by atoms with Crippen LogP contribution in [-0.4, -0.2) is 115 Å². The zero-order chi connectivity index (χ0) is 27.5. The number of nitrogens with zero attached hydrogens (tertiary/aromatic N) is 3. The normalized spacial score (nSPS) is 12.8. The van der Waals surface area contributed by atoms with E-state index in [-0.39, 0.29) is 32.6 Å². The number of ether oxygens (including phenoxy) is 1. The minimum Gasteiger partial charge on any atom is -0.444 e. The van der Waals surface area contributed by atoms with Crippen molar-refractivity contribution in [1.82, 2.24) is 30.7 Å². The first kappa shape index (κ1) is 30.1. The minimum atomic E-state index is -0.637. The number of amides is 7. The van der Waals surface area contributed by atoms with Gasteiger partial charge in [0, 0.05) is 52.3 Å². The van der Waals surface area contributed by atoms with E-state index in [1.54, 1.807) is 27.8 Å². The monoisotopic (exact) mass is 510 g/mol. The standard InChI is InChI=1S/C22H34N6O8/c1-22(2,3)36-21(35)27(5)11-10-26(4)20(34)14-25-17(31)13-24-16(30)12-23-15(29)8-9-28-18(32)6-7-19(28)33/h6-7H,8-14H2,1-5H3,(H,23,29)(H,24,30)(H,25,31). The van der Waals surface area contributed by atoms with Crippen molar-refractivity contribution in [2.45, 2.75) is 32.8 Å². The molecule has 0 saturated carbocycles. The Labute approximate surface area is 209 Å². The van der Waals surface area contributed by atoms with E-state index in [1.165, 1.54) is 16.8 Å². The van der Waals surface area contributed by atoms with Crippen LogP contribution in [0.1, 0.15) is 27.2 Å². The van der Waals surface area contributed by atoms with Crippen LogP contribution in [0.4, 0.5) is 4.79 Å². The summed E-state index contributed by atoms with van der Waals surface area (Å²) in [7, 11) is 3.07. The molecule has 0 saturated heterocycles. The van der Waals surface area contributed by atoms with E-state index in [4.69, 9.17) is 4.74 Å². The molecule has 0 bridgehead atoms. The first-order valence-electron chi connectivity index (χ1n) is 11.2. The van der Waals surface area contributed by atoms with Crippen molar-refractivity contribution >= 4 is 41.5 Å². The minimum absolute atomic E-state index is 0.111. The first-order valence-corrected chi connectivity index (χ1v) is 11.2. The highest BCUT2D eigenvalue weighted by molar-refractivity contribution is 6.13. The average molecular weight is 511 g/mol. The fraction of sp³-hybridized carbons (Fsp3) is 0.591. The van der Waals surface area contributed by atoms with Gasteiger partial charge in [-0.1, -0.05) is 0 Å². The zero-order valence-corrected chi connectivity index (χ0v) is 21.2. The van der Waals surface area contributed by atoms with E-state index in [9.17, 15) is 33.6 Å². The van der Waals surface area contributed by atoms with Gasteiger partial charge in [0.1, 0.15) is 5.60 Å². The number of nitrogens with one attached hydrogen (secondary N) is 3. The van der Waals surface area contributed by atoms with Crippen LogP contribution in [0.15, 0.2) is 12.2 Å². The third kappa shape index (κ3) is 11.4. The first-order chi connectivity index (χ1) is 16.7. The largest absolute Gasteiger partial charge is 0.444 e. The second-order valence-corrected chi connectivity index (χ2v) is 8.96. The summed E-state index contributed by atoms with van der Waals surface area (Å²) in [4.78, 5) is 86.0. The van der Waals surface area contributed by atoms with Gasteiger partial charge >= 0.3 is 6.09 Å². The molecule has 200 valence electrons. The summed E-state index contributed by atoms with van der Waals surface area (Å²) in [5.41, 5.74) is -0.632. The van der Waals surface area contributed by atoms with Gasteiger partial charge in [-0.25, -0.2) is 4.79 Å². The lowest BCUT2D eigenvalue weighted by Crippen LogP contribution is -2.46. The third-order valence-electron chi connectivity index (χ3n) is 4.69. The second-order valence-electron chi connectivity index (χ2n) is 8.96. The lowest BCUT2D eigenvalue weighted by Gasteiger charge is -2.26. The second kappa shape index (κ2) is 13.8. The molecule has 1 aliphatic rings. The molecule has 0 spiro atoms. The summed E-state index contributed by atoms with van der Waals surface area (Å²) >= 11 is 0. The Bertz CT molecular complexity index is 893. The topological polar surface area (TPSA) is 175 Å². The van der Waals surface area contributed by atoms with E-state index in [2.05, 4.69) is 16.0 Å². The molecule has 1 heterocycles. The Morgan fingerprint density at radius 2 is 1.28 bits per heavy atom. The summed E-state index contributed by atoms with van der Waals surface area (Å²) < 4.78 is 5.23. The number of likely N-dealkylation sites (N-methyl/N-ethyl adjacent to an activating group) is 2. The van der Waals surface area contributed by atoms with Crippen molar-refractivity contribution in [2.75, 3.05) is 53.4 Å². The number of hydrogen-bond donors (Lipinski definition) is 3. The Hall–Kier alpha value is -3.97. The maximum Gasteiger partial charge on any atom is 0.410 e. The SMILES string of the molecule is CN(CCN(C)C(=O)OC(C)(C)C)C(=O)CNC(=O)CNC(=O)CNC(=O)CCN1C(=O)C=CC1=O. The van der Waals surface area contributed by atoms with E-state index >= 15 is 0 Å². The van der Waals surface area contributed by atoms with Crippen LogP contribution in [-0.2, 0) is 33.5 Å². The predicted molar refractivity (Wildman–Crippen MR) is 126 cm³/mol. The summed E-state index contributed by atoms with van der Waals surface area (Å²) in [6, 6.07) is 0. The molecule has 0 aromatic heterocycles. The van der Waals surface area contributed by atoms with E-state index in [0.29, 0.717) is 0 Å². The molecule has 14 nitrogen and oxygen atoms in total. The Morgan fingerprint density at radius 3 is 1.81 bits per heavy atom. The molecule has 0 radical (unpaired) electrons. The van der Waals surface area contributed by atoms with Crippen LogP contribution < -0.4 is 16.0 Å². The molecule has 3 N–H and O–H groups in total. The van der Waals surface area contributed by atoms with Crippen LogP contribution >= 0.6 is 0 Å². The summed E-state index contributed by atoms with van der Waals surface area (Å²) in [5.74, 6) is -3.20. The van der Waals surface area contributed by atoms with Gasteiger partial charge in [0.25, 0.3) is 11.8 Å². The molecule has 1 aliphatic heterocycles. The Kier molecular flexibility index (Phi) is 11.5. The van der Waals surface area contributed by atoms with E-state index in [1.807, 2.05) is 0 Å². The van der Waals surface area contributed by atoms with Crippen molar-refractivity contribution in [3.05, 3.63) is 12.2 Å². The van der Waals surface area contributed by atoms with Crippen molar-refractivity contribution in [3.63, 3.8) is 0 Å². The molecule has 0 unspecified atom stereocenters. The number of imide groups is 1. The molecule has 0 fully saturated rings. The number of hydrogen-bond acceptors (Lipinski definition) is 8. The zero-order valence-electron chi connectivity index (χ0n) is 21.2. The highest BCUT2D eigenvalue weighted by atomic mass is 16.6. The maximum atomic E-state index is 12.2. The molecule has 7 amide bonds. The Morgan fingerprint density at radius 1 is 0.806 bits per heavy atom. The Balaban J connectivity index is 2.20. The van der Waals surface area contributed by atoms with E-state index < -0.39 is 60.2 Å². The summed E-state index contributed by atoms with van der Waals surface area (Å²) in [6.45, 7) is 4.47.